The predicted molar refractivity (Wildman–Crippen MR) is 132 cm³/mol. The highest BCUT2D eigenvalue weighted by Crippen LogP contribution is 2.60. The zero-order chi connectivity index (χ0) is 23.0. The highest BCUT2D eigenvalue weighted by Gasteiger charge is 2.50. The molecule has 0 heterocycles. The second-order valence-corrected chi connectivity index (χ2v) is 12.5. The van der Waals surface area contributed by atoms with E-state index >= 15 is 0 Å². The van der Waals surface area contributed by atoms with E-state index in [2.05, 4.69) is 60.3 Å². The molecule has 3 fully saturated rings. The molecule has 5 unspecified atom stereocenters. The van der Waals surface area contributed by atoms with Crippen molar-refractivity contribution in [2.45, 2.75) is 112 Å². The van der Waals surface area contributed by atoms with Gasteiger partial charge in [0.05, 0.1) is 12.2 Å². The first-order valence-corrected chi connectivity index (χ1v) is 12.9. The SMILES string of the molecule is C=C1/C(=C\C=C2/CCCC3(C)C2CCC3C(C)CCC(C)C(C)(C)C)C[C@@H](O)C[C@@H]1O. The summed E-state index contributed by atoms with van der Waals surface area (Å²) in [6, 6.07) is 0. The Morgan fingerprint density at radius 2 is 1.84 bits per heavy atom. The summed E-state index contributed by atoms with van der Waals surface area (Å²) in [6.07, 6.45) is 13.7. The van der Waals surface area contributed by atoms with Crippen LogP contribution in [-0.4, -0.2) is 22.4 Å². The molecule has 31 heavy (non-hydrogen) atoms. The van der Waals surface area contributed by atoms with Crippen LogP contribution in [0.25, 0.3) is 0 Å². The Kier molecular flexibility index (Phi) is 7.64. The smallest absolute Gasteiger partial charge is 0.0811 e. The maximum absolute atomic E-state index is 10.2. The van der Waals surface area contributed by atoms with Crippen LogP contribution in [0.3, 0.4) is 0 Å². The summed E-state index contributed by atoms with van der Waals surface area (Å²) in [7, 11) is 0. The van der Waals surface area contributed by atoms with Gasteiger partial charge < -0.3 is 10.2 Å². The topological polar surface area (TPSA) is 40.5 Å². The van der Waals surface area contributed by atoms with Crippen molar-refractivity contribution in [1.29, 1.82) is 0 Å². The average Bonchev–Trinajstić information content (AvgIpc) is 3.04. The summed E-state index contributed by atoms with van der Waals surface area (Å²) < 4.78 is 0. The molecule has 2 nitrogen and oxygen atoms in total. The van der Waals surface area contributed by atoms with Crippen molar-refractivity contribution < 1.29 is 10.2 Å². The normalized spacial score (nSPS) is 39.0. The van der Waals surface area contributed by atoms with Crippen molar-refractivity contribution in [2.75, 3.05) is 0 Å². The molecule has 0 aromatic carbocycles. The van der Waals surface area contributed by atoms with Crippen LogP contribution in [0.15, 0.2) is 35.5 Å². The lowest BCUT2D eigenvalue weighted by Gasteiger charge is -2.44. The third-order valence-corrected chi connectivity index (χ3v) is 9.52. The van der Waals surface area contributed by atoms with Gasteiger partial charge >= 0.3 is 0 Å². The standard InChI is InChI=1S/C29H48O2/c1-19(10-11-20(2)28(4,5)6)25-14-15-26-22(9-8-16-29(25,26)7)12-13-23-17-24(30)18-27(31)21(23)3/h12-13,19-20,24-27,30-31H,3,8-11,14-18H2,1-2,4-7H3/b22-12+,23-13-/t19?,20?,24-,25?,26?,27+,29?/m1/s1. The number of fused-ring (bicyclic) bond motifs is 1. The van der Waals surface area contributed by atoms with Crippen molar-refractivity contribution in [3.8, 4) is 0 Å². The molecule has 3 aliphatic rings. The molecule has 0 bridgehead atoms. The van der Waals surface area contributed by atoms with Gasteiger partial charge in [0.2, 0.25) is 0 Å². The maximum atomic E-state index is 10.2. The molecular formula is C29H48O2. The number of hydrogen-bond donors (Lipinski definition) is 2. The Hall–Kier alpha value is -0.860. The number of aliphatic hydroxyl groups excluding tert-OH is 2. The van der Waals surface area contributed by atoms with Gasteiger partial charge in [-0.2, -0.15) is 0 Å². The van der Waals surface area contributed by atoms with Crippen molar-refractivity contribution >= 4 is 0 Å². The predicted octanol–water partition coefficient (Wildman–Crippen LogP) is 7.23. The Balaban J connectivity index is 1.71. The Labute approximate surface area is 191 Å². The van der Waals surface area contributed by atoms with Gasteiger partial charge in [-0.25, -0.2) is 0 Å². The van der Waals surface area contributed by atoms with Crippen LogP contribution in [0, 0.1) is 34.5 Å². The summed E-state index contributed by atoms with van der Waals surface area (Å²) in [5.74, 6) is 3.08. The van der Waals surface area contributed by atoms with Gasteiger partial charge in [-0.1, -0.05) is 72.3 Å². The number of rotatable bonds is 5. The van der Waals surface area contributed by atoms with Gasteiger partial charge in [0.1, 0.15) is 0 Å². The first-order valence-electron chi connectivity index (χ1n) is 12.9. The van der Waals surface area contributed by atoms with Crippen molar-refractivity contribution in [3.05, 3.63) is 35.5 Å². The van der Waals surface area contributed by atoms with E-state index in [-0.39, 0.29) is 0 Å². The van der Waals surface area contributed by atoms with Gasteiger partial charge in [-0.3, -0.25) is 0 Å². The molecule has 7 atom stereocenters. The van der Waals surface area contributed by atoms with Gasteiger partial charge in [0.15, 0.2) is 0 Å². The lowest BCUT2D eigenvalue weighted by Crippen LogP contribution is -2.36. The van der Waals surface area contributed by atoms with Crippen LogP contribution in [0.5, 0.6) is 0 Å². The van der Waals surface area contributed by atoms with E-state index in [0.717, 1.165) is 28.9 Å². The van der Waals surface area contributed by atoms with Crippen LogP contribution in [0.2, 0.25) is 0 Å². The van der Waals surface area contributed by atoms with Crippen LogP contribution in [-0.2, 0) is 0 Å². The minimum Gasteiger partial charge on any atom is -0.393 e. The fourth-order valence-electron chi connectivity index (χ4n) is 6.83. The monoisotopic (exact) mass is 428 g/mol. The first kappa shape index (κ1) is 24.8. The summed E-state index contributed by atoms with van der Waals surface area (Å²) >= 11 is 0. The molecule has 3 saturated carbocycles. The van der Waals surface area contributed by atoms with E-state index in [1.54, 1.807) is 5.57 Å². The summed E-state index contributed by atoms with van der Waals surface area (Å²) in [5.41, 5.74) is 4.26. The highest BCUT2D eigenvalue weighted by atomic mass is 16.3. The molecule has 0 spiro atoms. The summed E-state index contributed by atoms with van der Waals surface area (Å²) in [5, 5.41) is 20.2. The molecule has 0 amide bonds. The third kappa shape index (κ3) is 5.38. The second kappa shape index (κ2) is 9.56. The Bertz CT molecular complexity index is 709. The van der Waals surface area contributed by atoms with Crippen molar-refractivity contribution in [3.63, 3.8) is 0 Å². The van der Waals surface area contributed by atoms with Gasteiger partial charge in [0.25, 0.3) is 0 Å². The zero-order valence-electron chi connectivity index (χ0n) is 21.1. The van der Waals surface area contributed by atoms with Crippen LogP contribution in [0.1, 0.15) is 99.3 Å². The second-order valence-electron chi connectivity index (χ2n) is 12.5. The number of hydrogen-bond acceptors (Lipinski definition) is 2. The van der Waals surface area contributed by atoms with E-state index in [9.17, 15) is 10.2 Å². The quantitative estimate of drug-likeness (QED) is 0.485. The first-order chi connectivity index (χ1) is 14.4. The van der Waals surface area contributed by atoms with Crippen LogP contribution >= 0.6 is 0 Å². The lowest BCUT2D eigenvalue weighted by atomic mass is 9.60. The molecule has 2 heteroatoms. The molecule has 0 aromatic rings. The molecular weight excluding hydrogens is 380 g/mol. The van der Waals surface area contributed by atoms with Crippen molar-refractivity contribution in [2.24, 2.45) is 34.5 Å². The number of aliphatic hydroxyl groups is 2. The molecule has 0 radical (unpaired) electrons. The summed E-state index contributed by atoms with van der Waals surface area (Å²) in [6.45, 7) is 18.7. The molecule has 3 aliphatic carbocycles. The van der Waals surface area contributed by atoms with Gasteiger partial charge in [-0.15, -0.1) is 0 Å². The molecule has 3 rings (SSSR count). The van der Waals surface area contributed by atoms with E-state index in [4.69, 9.17) is 0 Å². The minimum absolute atomic E-state index is 0.403. The fraction of sp³-hybridized carbons (Fsp3) is 0.793. The summed E-state index contributed by atoms with van der Waals surface area (Å²) in [4.78, 5) is 0. The van der Waals surface area contributed by atoms with Crippen molar-refractivity contribution in [1.82, 2.24) is 0 Å². The molecule has 0 aromatic heterocycles. The zero-order valence-corrected chi connectivity index (χ0v) is 21.1. The van der Waals surface area contributed by atoms with E-state index in [0.29, 0.717) is 29.6 Å². The van der Waals surface area contributed by atoms with Crippen LogP contribution < -0.4 is 0 Å². The van der Waals surface area contributed by atoms with E-state index in [1.807, 2.05) is 0 Å². The van der Waals surface area contributed by atoms with E-state index in [1.165, 1.54) is 44.9 Å². The Morgan fingerprint density at radius 1 is 1.13 bits per heavy atom. The maximum Gasteiger partial charge on any atom is 0.0811 e. The molecule has 0 aliphatic heterocycles. The van der Waals surface area contributed by atoms with Crippen LogP contribution in [0.4, 0.5) is 0 Å². The van der Waals surface area contributed by atoms with E-state index < -0.39 is 12.2 Å². The fourth-order valence-corrected chi connectivity index (χ4v) is 6.83. The lowest BCUT2D eigenvalue weighted by molar-refractivity contribution is 0.0859. The molecule has 2 N–H and O–H groups in total. The largest absolute Gasteiger partial charge is 0.393 e. The van der Waals surface area contributed by atoms with Gasteiger partial charge in [-0.05, 0) is 90.6 Å². The number of allylic oxidation sites excluding steroid dienone is 3. The third-order valence-electron chi connectivity index (χ3n) is 9.52. The van der Waals surface area contributed by atoms with Gasteiger partial charge in [0, 0.05) is 6.42 Å². The molecule has 0 saturated heterocycles. The molecule has 176 valence electrons. The Morgan fingerprint density at radius 3 is 2.52 bits per heavy atom. The highest BCUT2D eigenvalue weighted by molar-refractivity contribution is 5.38. The average molecular weight is 429 g/mol. The minimum atomic E-state index is -0.600.